The Bertz CT molecular complexity index is 757. The fraction of sp³-hybridized carbons (Fsp3) is 0.636. The van der Waals surface area contributed by atoms with Crippen molar-refractivity contribution in [2.24, 2.45) is 28.9 Å². The number of carbonyl (C=O) groups excluding carboxylic acids is 2. The molecule has 6 heteroatoms. The highest BCUT2D eigenvalue weighted by atomic mass is 16.5. The Morgan fingerprint density at radius 2 is 1.64 bits per heavy atom. The molecule has 1 aromatic rings. The summed E-state index contributed by atoms with van der Waals surface area (Å²) in [6, 6.07) is 7.32. The molecule has 0 aromatic heterocycles. The summed E-state index contributed by atoms with van der Waals surface area (Å²) in [5.41, 5.74) is 4.42. The maximum atomic E-state index is 13.0. The zero-order valence-corrected chi connectivity index (χ0v) is 16.9. The molecule has 0 heterocycles. The van der Waals surface area contributed by atoms with Gasteiger partial charge in [0.15, 0.2) is 5.60 Å². The summed E-state index contributed by atoms with van der Waals surface area (Å²) in [7, 11) is 1.61. The van der Waals surface area contributed by atoms with Crippen molar-refractivity contribution in [1.29, 1.82) is 0 Å². The normalized spacial score (nSPS) is 33.4. The molecule has 4 unspecified atom stereocenters. The first kappa shape index (κ1) is 19.1. The SMILES string of the molecule is COc1ccc(OC(C)(C)C(=O)NC2C3CC4C[C@H]2CC(C(N)=O)(C4)C3)cc1. The quantitative estimate of drug-likeness (QED) is 0.786. The molecule has 3 N–H and O–H groups in total. The first-order valence-corrected chi connectivity index (χ1v) is 10.2. The molecule has 28 heavy (non-hydrogen) atoms. The van der Waals surface area contributed by atoms with E-state index in [2.05, 4.69) is 5.32 Å². The lowest BCUT2D eigenvalue weighted by Crippen LogP contribution is -2.63. The summed E-state index contributed by atoms with van der Waals surface area (Å²) in [6.07, 6.45) is 4.70. The Morgan fingerprint density at radius 1 is 1.07 bits per heavy atom. The Morgan fingerprint density at radius 3 is 2.18 bits per heavy atom. The molecule has 6 nitrogen and oxygen atoms in total. The predicted molar refractivity (Wildman–Crippen MR) is 105 cm³/mol. The van der Waals surface area contributed by atoms with Gasteiger partial charge in [0.1, 0.15) is 11.5 Å². The van der Waals surface area contributed by atoms with E-state index in [1.165, 1.54) is 0 Å². The van der Waals surface area contributed by atoms with Gasteiger partial charge in [-0.2, -0.15) is 0 Å². The third kappa shape index (κ3) is 3.23. The van der Waals surface area contributed by atoms with Crippen molar-refractivity contribution >= 4 is 11.8 Å². The van der Waals surface area contributed by atoms with E-state index in [1.807, 2.05) is 12.1 Å². The number of ether oxygens (including phenoxy) is 2. The molecular formula is C22H30N2O4. The molecule has 5 atom stereocenters. The van der Waals surface area contributed by atoms with Crippen molar-refractivity contribution in [3.05, 3.63) is 24.3 Å². The van der Waals surface area contributed by atoms with Crippen molar-refractivity contribution in [2.45, 2.75) is 57.6 Å². The zero-order chi connectivity index (χ0) is 20.1. The van der Waals surface area contributed by atoms with Gasteiger partial charge in [-0.05, 0) is 88.0 Å². The van der Waals surface area contributed by atoms with Crippen molar-refractivity contribution in [3.8, 4) is 11.5 Å². The van der Waals surface area contributed by atoms with Gasteiger partial charge < -0.3 is 20.5 Å². The van der Waals surface area contributed by atoms with Gasteiger partial charge in [0.2, 0.25) is 5.91 Å². The number of nitrogens with two attached hydrogens (primary N) is 1. The van der Waals surface area contributed by atoms with E-state index in [-0.39, 0.29) is 23.3 Å². The molecule has 152 valence electrons. The molecule has 4 saturated carbocycles. The lowest BCUT2D eigenvalue weighted by atomic mass is 9.47. The van der Waals surface area contributed by atoms with Crippen LogP contribution in [0.3, 0.4) is 0 Å². The average molecular weight is 386 g/mol. The molecule has 4 fully saturated rings. The lowest BCUT2D eigenvalue weighted by Gasteiger charge is -2.59. The van der Waals surface area contributed by atoms with E-state index in [0.717, 1.165) is 37.9 Å². The number of nitrogens with one attached hydrogen (secondary N) is 1. The Kier molecular flexibility index (Phi) is 4.55. The Balaban J connectivity index is 1.44. The highest BCUT2D eigenvalue weighted by molar-refractivity contribution is 5.85. The summed E-state index contributed by atoms with van der Waals surface area (Å²) in [5.74, 6) is 2.33. The summed E-state index contributed by atoms with van der Waals surface area (Å²) in [6.45, 7) is 3.57. The van der Waals surface area contributed by atoms with E-state index in [1.54, 1.807) is 33.1 Å². The van der Waals surface area contributed by atoms with Gasteiger partial charge in [-0.3, -0.25) is 9.59 Å². The maximum absolute atomic E-state index is 13.0. The molecule has 0 saturated heterocycles. The number of hydrogen-bond donors (Lipinski definition) is 2. The number of primary amides is 1. The molecule has 4 bridgehead atoms. The first-order chi connectivity index (χ1) is 13.2. The fourth-order valence-electron chi connectivity index (χ4n) is 5.87. The topological polar surface area (TPSA) is 90.7 Å². The lowest BCUT2D eigenvalue weighted by molar-refractivity contribution is -0.150. The minimum atomic E-state index is -0.995. The van der Waals surface area contributed by atoms with Crippen LogP contribution in [0.1, 0.15) is 46.0 Å². The minimum absolute atomic E-state index is 0.107. The van der Waals surface area contributed by atoms with Crippen LogP contribution in [0.25, 0.3) is 0 Å². The van der Waals surface area contributed by atoms with E-state index in [0.29, 0.717) is 23.5 Å². The number of amides is 2. The van der Waals surface area contributed by atoms with Crippen molar-refractivity contribution in [1.82, 2.24) is 5.32 Å². The smallest absolute Gasteiger partial charge is 0.263 e. The van der Waals surface area contributed by atoms with Gasteiger partial charge in [-0.25, -0.2) is 0 Å². The van der Waals surface area contributed by atoms with E-state index in [4.69, 9.17) is 15.2 Å². The standard InChI is InChI=1S/C22H30N2O4/c1-21(2,28-17-6-4-16(27-3)5-7-17)20(26)24-18-14-8-13-9-15(18)12-22(10-13,11-14)19(23)25/h4-7,13-15,18H,8-12H2,1-3H3,(H2,23,25)(H,24,26)/t13?,14-,15?,18?,22?/m0/s1. The number of rotatable bonds is 6. The van der Waals surface area contributed by atoms with Gasteiger partial charge in [-0.1, -0.05) is 0 Å². The van der Waals surface area contributed by atoms with Gasteiger partial charge >= 0.3 is 0 Å². The molecule has 5 rings (SSSR count). The van der Waals surface area contributed by atoms with Crippen molar-refractivity contribution in [2.75, 3.05) is 7.11 Å². The Labute approximate surface area is 166 Å². The second-order valence-corrected chi connectivity index (χ2v) is 9.40. The third-order valence-electron chi connectivity index (χ3n) is 7.07. The first-order valence-electron chi connectivity index (χ1n) is 10.2. The fourth-order valence-corrected chi connectivity index (χ4v) is 5.87. The molecule has 0 spiro atoms. The van der Waals surface area contributed by atoms with Crippen LogP contribution >= 0.6 is 0 Å². The second-order valence-electron chi connectivity index (χ2n) is 9.40. The molecule has 1 aromatic carbocycles. The van der Waals surface area contributed by atoms with Crippen LogP contribution in [0, 0.1) is 23.2 Å². The van der Waals surface area contributed by atoms with Crippen molar-refractivity contribution in [3.63, 3.8) is 0 Å². The van der Waals surface area contributed by atoms with E-state index < -0.39 is 5.60 Å². The molecule has 0 radical (unpaired) electrons. The maximum Gasteiger partial charge on any atom is 0.263 e. The van der Waals surface area contributed by atoms with Gasteiger partial charge in [0, 0.05) is 11.5 Å². The largest absolute Gasteiger partial charge is 0.497 e. The van der Waals surface area contributed by atoms with Crippen LogP contribution in [0.2, 0.25) is 0 Å². The number of hydrogen-bond acceptors (Lipinski definition) is 4. The summed E-state index contributed by atoms with van der Waals surface area (Å²) >= 11 is 0. The third-order valence-corrected chi connectivity index (χ3v) is 7.07. The molecule has 0 aliphatic heterocycles. The average Bonchev–Trinajstić information content (AvgIpc) is 2.64. The van der Waals surface area contributed by atoms with Gasteiger partial charge in [-0.15, -0.1) is 0 Å². The van der Waals surface area contributed by atoms with Gasteiger partial charge in [0.25, 0.3) is 5.91 Å². The monoisotopic (exact) mass is 386 g/mol. The number of carbonyl (C=O) groups is 2. The Hall–Kier alpha value is -2.24. The van der Waals surface area contributed by atoms with Gasteiger partial charge in [0.05, 0.1) is 7.11 Å². The number of benzene rings is 1. The van der Waals surface area contributed by atoms with Crippen LogP contribution in [0.15, 0.2) is 24.3 Å². The minimum Gasteiger partial charge on any atom is -0.497 e. The molecule has 4 aliphatic rings. The highest BCUT2D eigenvalue weighted by Gasteiger charge is 2.58. The van der Waals surface area contributed by atoms with Crippen LogP contribution in [0.5, 0.6) is 11.5 Å². The highest BCUT2D eigenvalue weighted by Crippen LogP contribution is 2.59. The van der Waals surface area contributed by atoms with Crippen molar-refractivity contribution < 1.29 is 19.1 Å². The summed E-state index contributed by atoms with van der Waals surface area (Å²) < 4.78 is 11.1. The van der Waals surface area contributed by atoms with Crippen LogP contribution in [-0.4, -0.2) is 30.6 Å². The summed E-state index contributed by atoms with van der Waals surface area (Å²) in [5, 5.41) is 3.26. The number of methoxy groups -OCH3 is 1. The van der Waals surface area contributed by atoms with E-state index >= 15 is 0 Å². The second kappa shape index (κ2) is 6.68. The van der Waals surface area contributed by atoms with Crippen LogP contribution in [0.4, 0.5) is 0 Å². The zero-order valence-electron chi connectivity index (χ0n) is 16.9. The molecular weight excluding hydrogens is 356 g/mol. The predicted octanol–water partition coefficient (Wildman–Crippen LogP) is 2.65. The van der Waals surface area contributed by atoms with E-state index in [9.17, 15) is 9.59 Å². The summed E-state index contributed by atoms with van der Waals surface area (Å²) in [4.78, 5) is 25.1. The van der Waals surface area contributed by atoms with Crippen LogP contribution in [-0.2, 0) is 9.59 Å². The molecule has 2 amide bonds. The van der Waals surface area contributed by atoms with Crippen LogP contribution < -0.4 is 20.5 Å². The molecule has 4 aliphatic carbocycles.